The maximum Gasteiger partial charge on any atom is 0.119 e. The van der Waals surface area contributed by atoms with Crippen molar-refractivity contribution in [1.29, 1.82) is 0 Å². The van der Waals surface area contributed by atoms with Crippen LogP contribution < -0.4 is 9.64 Å². The number of rotatable bonds is 7. The summed E-state index contributed by atoms with van der Waals surface area (Å²) in [5, 5.41) is 0.854. The first kappa shape index (κ1) is 16.6. The molecule has 0 spiro atoms. The van der Waals surface area contributed by atoms with E-state index in [1.54, 1.807) is 0 Å². The Morgan fingerprint density at radius 2 is 1.67 bits per heavy atom. The first-order valence-corrected chi connectivity index (χ1v) is 8.78. The molecule has 1 aliphatic rings. The van der Waals surface area contributed by atoms with E-state index in [0.717, 1.165) is 34.9 Å². The van der Waals surface area contributed by atoms with Gasteiger partial charge in [-0.25, -0.2) is 0 Å². The molecule has 2 rings (SSSR count). The van der Waals surface area contributed by atoms with Crippen molar-refractivity contribution in [2.24, 2.45) is 0 Å². The normalized spacial score (nSPS) is 16.1. The molecule has 0 atom stereocenters. The Morgan fingerprint density at radius 3 is 2.33 bits per heavy atom. The fourth-order valence-electron chi connectivity index (χ4n) is 3.14. The highest BCUT2D eigenvalue weighted by Gasteiger charge is 2.12. The van der Waals surface area contributed by atoms with Crippen LogP contribution in [0.3, 0.4) is 0 Å². The molecule has 1 fully saturated rings. The number of nitrogens with one attached hydrogen (secondary N) is 1. The molecule has 0 saturated carbocycles. The number of ether oxygens (including phenoxy) is 1. The quantitative estimate of drug-likeness (QED) is 0.760. The molecule has 1 aromatic rings. The molecule has 3 heteroatoms. The van der Waals surface area contributed by atoms with Crippen molar-refractivity contribution in [1.82, 2.24) is 0 Å². The number of aryl methyl sites for hydroxylation is 2. The molecular weight excluding hydrogens is 282 g/mol. The fraction of sp³-hybridized carbons (Fsp3) is 0.667. The van der Waals surface area contributed by atoms with Crippen LogP contribution in [0.25, 0.3) is 0 Å². The topological polar surface area (TPSA) is 13.7 Å². The minimum absolute atomic E-state index is 0.815. The second kappa shape index (κ2) is 8.65. The van der Waals surface area contributed by atoms with Crippen molar-refractivity contribution in [3.63, 3.8) is 0 Å². The highest BCUT2D eigenvalue weighted by Crippen LogP contribution is 2.25. The molecule has 1 saturated heterocycles. The second-order valence-corrected chi connectivity index (χ2v) is 6.72. The largest absolute Gasteiger partial charge is 0.494 e. The summed E-state index contributed by atoms with van der Waals surface area (Å²) in [7, 11) is 0. The molecule has 0 amide bonds. The predicted molar refractivity (Wildman–Crippen MR) is 89.7 cm³/mol. The summed E-state index contributed by atoms with van der Waals surface area (Å²) in [6.45, 7) is 9.00. The number of benzene rings is 1. The van der Waals surface area contributed by atoms with Crippen molar-refractivity contribution < 1.29 is 9.64 Å². The monoisotopic (exact) mass is 310 g/mol. The Bertz CT molecular complexity index is 418. The van der Waals surface area contributed by atoms with Crippen LogP contribution in [-0.2, 0) is 0 Å². The molecule has 1 N–H and O–H groups in total. The average Bonchev–Trinajstić information content (AvgIpc) is 2.49. The van der Waals surface area contributed by atoms with Crippen LogP contribution in [0.4, 0.5) is 0 Å². The van der Waals surface area contributed by atoms with Gasteiger partial charge in [0, 0.05) is 5.02 Å². The highest BCUT2D eigenvalue weighted by molar-refractivity contribution is 6.32. The molecule has 1 aromatic carbocycles. The fourth-order valence-corrected chi connectivity index (χ4v) is 3.24. The minimum atomic E-state index is 0.815. The summed E-state index contributed by atoms with van der Waals surface area (Å²) >= 11 is 6.17. The number of hydrogen-bond donors (Lipinski definition) is 1. The van der Waals surface area contributed by atoms with E-state index in [1.807, 2.05) is 30.9 Å². The summed E-state index contributed by atoms with van der Waals surface area (Å²) in [5.74, 6) is 0.955. The maximum atomic E-state index is 6.17. The molecule has 0 aliphatic carbocycles. The van der Waals surface area contributed by atoms with Crippen molar-refractivity contribution in [3.8, 4) is 5.75 Å². The van der Waals surface area contributed by atoms with Crippen LogP contribution in [0, 0.1) is 13.8 Å². The van der Waals surface area contributed by atoms with Crippen LogP contribution in [0.5, 0.6) is 5.75 Å². The summed E-state index contributed by atoms with van der Waals surface area (Å²) < 4.78 is 5.85. The Balaban J connectivity index is 1.59. The van der Waals surface area contributed by atoms with Crippen LogP contribution in [-0.4, -0.2) is 26.2 Å². The SMILES string of the molecule is Cc1cc(OCCCCC[NH+]2CCCCC2)cc(C)c1Cl. The van der Waals surface area contributed by atoms with Gasteiger partial charge in [0.25, 0.3) is 0 Å². The smallest absolute Gasteiger partial charge is 0.119 e. The lowest BCUT2D eigenvalue weighted by Gasteiger charge is -2.23. The number of quaternary nitrogens is 1. The van der Waals surface area contributed by atoms with Gasteiger partial charge in [0.05, 0.1) is 26.2 Å². The summed E-state index contributed by atoms with van der Waals surface area (Å²) in [4.78, 5) is 1.81. The van der Waals surface area contributed by atoms with Crippen LogP contribution in [0.15, 0.2) is 12.1 Å². The predicted octanol–water partition coefficient (Wildman–Crippen LogP) is 3.57. The van der Waals surface area contributed by atoms with Gasteiger partial charge in [0.2, 0.25) is 0 Å². The van der Waals surface area contributed by atoms with Crippen LogP contribution in [0.2, 0.25) is 5.02 Å². The van der Waals surface area contributed by atoms with Gasteiger partial charge in [-0.3, -0.25) is 0 Å². The molecular formula is C18H29ClNO+. The third-order valence-electron chi connectivity index (χ3n) is 4.41. The number of likely N-dealkylation sites (tertiary alicyclic amines) is 1. The molecule has 21 heavy (non-hydrogen) atoms. The molecule has 2 nitrogen and oxygen atoms in total. The first-order valence-electron chi connectivity index (χ1n) is 8.40. The Labute approximate surface area is 134 Å². The highest BCUT2D eigenvalue weighted by atomic mass is 35.5. The molecule has 0 aromatic heterocycles. The van der Waals surface area contributed by atoms with Gasteiger partial charge in [-0.05, 0) is 75.6 Å². The third kappa shape index (κ3) is 5.52. The van der Waals surface area contributed by atoms with E-state index in [0.29, 0.717) is 0 Å². The third-order valence-corrected chi connectivity index (χ3v) is 5.01. The van der Waals surface area contributed by atoms with Crippen LogP contribution in [0.1, 0.15) is 49.7 Å². The Kier molecular flexibility index (Phi) is 6.85. The van der Waals surface area contributed by atoms with E-state index in [9.17, 15) is 0 Å². The Hall–Kier alpha value is -0.730. The Morgan fingerprint density at radius 1 is 1.00 bits per heavy atom. The summed E-state index contributed by atoms with van der Waals surface area (Å²) in [6, 6.07) is 4.07. The standard InChI is InChI=1S/C18H28ClNO/c1-15-13-17(14-16(2)18(15)19)21-12-8-4-7-11-20-9-5-3-6-10-20/h13-14H,3-12H2,1-2H3/p+1. The molecule has 0 unspecified atom stereocenters. The number of halogens is 1. The van der Waals surface area contributed by atoms with E-state index in [4.69, 9.17) is 16.3 Å². The summed E-state index contributed by atoms with van der Waals surface area (Å²) in [6.07, 6.45) is 8.04. The summed E-state index contributed by atoms with van der Waals surface area (Å²) in [5.41, 5.74) is 2.20. The number of unbranched alkanes of at least 4 members (excludes halogenated alkanes) is 2. The lowest BCUT2D eigenvalue weighted by molar-refractivity contribution is -0.905. The van der Waals surface area contributed by atoms with Gasteiger partial charge in [-0.1, -0.05) is 11.6 Å². The van der Waals surface area contributed by atoms with Gasteiger partial charge < -0.3 is 9.64 Å². The van der Waals surface area contributed by atoms with Gasteiger partial charge in [0.15, 0.2) is 0 Å². The molecule has 1 heterocycles. The van der Waals surface area contributed by atoms with Crippen molar-refractivity contribution >= 4 is 11.6 Å². The van der Waals surface area contributed by atoms with Crippen LogP contribution >= 0.6 is 11.6 Å². The van der Waals surface area contributed by atoms with Crippen molar-refractivity contribution in [3.05, 3.63) is 28.3 Å². The molecule has 1 aliphatic heterocycles. The van der Waals surface area contributed by atoms with Gasteiger partial charge in [0.1, 0.15) is 5.75 Å². The van der Waals surface area contributed by atoms with E-state index in [2.05, 4.69) is 0 Å². The minimum Gasteiger partial charge on any atom is -0.494 e. The number of hydrogen-bond acceptors (Lipinski definition) is 1. The second-order valence-electron chi connectivity index (χ2n) is 6.34. The molecule has 0 radical (unpaired) electrons. The average molecular weight is 311 g/mol. The van der Waals surface area contributed by atoms with Gasteiger partial charge in [-0.2, -0.15) is 0 Å². The zero-order valence-electron chi connectivity index (χ0n) is 13.5. The van der Waals surface area contributed by atoms with E-state index in [1.165, 1.54) is 51.7 Å². The lowest BCUT2D eigenvalue weighted by Crippen LogP contribution is -3.12. The lowest BCUT2D eigenvalue weighted by atomic mass is 10.1. The van der Waals surface area contributed by atoms with E-state index < -0.39 is 0 Å². The van der Waals surface area contributed by atoms with Crippen molar-refractivity contribution in [2.75, 3.05) is 26.2 Å². The van der Waals surface area contributed by atoms with E-state index >= 15 is 0 Å². The molecule has 118 valence electrons. The van der Waals surface area contributed by atoms with Crippen molar-refractivity contribution in [2.45, 2.75) is 52.4 Å². The molecule has 0 bridgehead atoms. The zero-order chi connectivity index (χ0) is 15.1. The first-order chi connectivity index (χ1) is 10.2. The zero-order valence-corrected chi connectivity index (χ0v) is 14.3. The van der Waals surface area contributed by atoms with Gasteiger partial charge >= 0.3 is 0 Å². The maximum absolute atomic E-state index is 6.17. The van der Waals surface area contributed by atoms with E-state index in [-0.39, 0.29) is 0 Å². The number of piperidine rings is 1. The van der Waals surface area contributed by atoms with Gasteiger partial charge in [-0.15, -0.1) is 0 Å².